The van der Waals surface area contributed by atoms with Crippen molar-refractivity contribution in [2.75, 3.05) is 13.4 Å². The van der Waals surface area contributed by atoms with Crippen molar-refractivity contribution in [1.29, 1.82) is 0 Å². The summed E-state index contributed by atoms with van der Waals surface area (Å²) in [7, 11) is 0. The van der Waals surface area contributed by atoms with Gasteiger partial charge in [-0.1, -0.05) is 36.3 Å². The molecule has 1 fully saturated rings. The quantitative estimate of drug-likeness (QED) is 0.675. The van der Waals surface area contributed by atoms with Crippen molar-refractivity contribution in [2.24, 2.45) is 0 Å². The van der Waals surface area contributed by atoms with E-state index in [0.717, 1.165) is 5.56 Å². The van der Waals surface area contributed by atoms with Gasteiger partial charge in [0.25, 0.3) is 0 Å². The number of hydrogen-bond acceptors (Lipinski definition) is 3. The molecule has 1 heterocycles. The smallest absolute Gasteiger partial charge is 0.310 e. The monoisotopic (exact) mass is 190 g/mol. The number of rotatable bonds is 3. The van der Waals surface area contributed by atoms with Gasteiger partial charge in [0.2, 0.25) is 0 Å². The van der Waals surface area contributed by atoms with E-state index in [0.29, 0.717) is 0 Å². The van der Waals surface area contributed by atoms with Gasteiger partial charge in [-0.25, -0.2) is 0 Å². The first-order valence-corrected chi connectivity index (χ1v) is 4.28. The standard InChI is InChI=1S/C11H10O3/c1-2-8-12-11(13-9-14-11)10-6-4-3-5-7-10/h1,3-7H,8-9H2. The second kappa shape index (κ2) is 3.81. The van der Waals surface area contributed by atoms with Crippen molar-refractivity contribution < 1.29 is 14.2 Å². The summed E-state index contributed by atoms with van der Waals surface area (Å²) in [4.78, 5) is 0. The van der Waals surface area contributed by atoms with Gasteiger partial charge in [-0.05, 0) is 0 Å². The predicted octanol–water partition coefficient (Wildman–Crippen LogP) is 1.45. The summed E-state index contributed by atoms with van der Waals surface area (Å²) in [6, 6.07) is 9.44. The molecule has 0 atom stereocenters. The maximum absolute atomic E-state index is 5.32. The van der Waals surface area contributed by atoms with Crippen LogP contribution in [0.2, 0.25) is 0 Å². The zero-order valence-electron chi connectivity index (χ0n) is 7.60. The Hall–Kier alpha value is -1.34. The number of ether oxygens (including phenoxy) is 3. The summed E-state index contributed by atoms with van der Waals surface area (Å²) in [5, 5.41) is 0. The first-order valence-electron chi connectivity index (χ1n) is 4.28. The van der Waals surface area contributed by atoms with Gasteiger partial charge in [-0.2, -0.15) is 0 Å². The van der Waals surface area contributed by atoms with Gasteiger partial charge in [0.05, 0.1) is 0 Å². The summed E-state index contributed by atoms with van der Waals surface area (Å²) < 4.78 is 15.9. The average molecular weight is 190 g/mol. The van der Waals surface area contributed by atoms with E-state index in [1.54, 1.807) is 0 Å². The molecule has 3 nitrogen and oxygen atoms in total. The molecule has 0 bridgehead atoms. The maximum Gasteiger partial charge on any atom is 0.316 e. The molecule has 0 amide bonds. The molecule has 0 spiro atoms. The highest BCUT2D eigenvalue weighted by Gasteiger charge is 2.43. The maximum atomic E-state index is 5.32. The molecule has 1 saturated heterocycles. The summed E-state index contributed by atoms with van der Waals surface area (Å²) in [5.74, 6) is 1.30. The summed E-state index contributed by atoms with van der Waals surface area (Å²) in [6.07, 6.45) is 5.11. The van der Waals surface area contributed by atoms with Gasteiger partial charge in [0.15, 0.2) is 6.79 Å². The van der Waals surface area contributed by atoms with Crippen LogP contribution >= 0.6 is 0 Å². The minimum absolute atomic E-state index is 0.162. The van der Waals surface area contributed by atoms with E-state index in [-0.39, 0.29) is 13.4 Å². The largest absolute Gasteiger partial charge is 0.316 e. The molecule has 2 rings (SSSR count). The molecule has 14 heavy (non-hydrogen) atoms. The average Bonchev–Trinajstić information content (AvgIpc) is 2.18. The second-order valence-electron chi connectivity index (χ2n) is 2.82. The van der Waals surface area contributed by atoms with E-state index in [9.17, 15) is 0 Å². The highest BCUT2D eigenvalue weighted by molar-refractivity contribution is 5.19. The van der Waals surface area contributed by atoms with Crippen molar-refractivity contribution in [3.63, 3.8) is 0 Å². The van der Waals surface area contributed by atoms with E-state index in [1.807, 2.05) is 30.3 Å². The lowest BCUT2D eigenvalue weighted by molar-refractivity contribution is -0.512. The molecule has 0 aromatic heterocycles. The number of terminal acetylenes is 1. The van der Waals surface area contributed by atoms with Crippen molar-refractivity contribution in [3.05, 3.63) is 35.9 Å². The van der Waals surface area contributed by atoms with Crippen LogP contribution in [0, 0.1) is 12.3 Å². The van der Waals surface area contributed by atoms with Crippen molar-refractivity contribution >= 4 is 0 Å². The van der Waals surface area contributed by atoms with Gasteiger partial charge in [-0.15, -0.1) is 6.42 Å². The van der Waals surface area contributed by atoms with Gasteiger partial charge in [0.1, 0.15) is 6.61 Å². The lowest BCUT2D eigenvalue weighted by Gasteiger charge is -2.39. The predicted molar refractivity (Wildman–Crippen MR) is 49.9 cm³/mol. The lowest BCUT2D eigenvalue weighted by Crippen LogP contribution is -2.46. The van der Waals surface area contributed by atoms with E-state index >= 15 is 0 Å². The molecule has 0 aliphatic carbocycles. The Labute approximate surface area is 82.6 Å². The van der Waals surface area contributed by atoms with Crippen LogP contribution < -0.4 is 0 Å². The highest BCUT2D eigenvalue weighted by atomic mass is 17.0. The molecular formula is C11H10O3. The molecule has 1 aliphatic rings. The Morgan fingerprint density at radius 2 is 2.07 bits per heavy atom. The fourth-order valence-electron chi connectivity index (χ4n) is 1.28. The SMILES string of the molecule is C#CCOC1(c2ccccc2)OCO1. The molecule has 1 aromatic carbocycles. The van der Waals surface area contributed by atoms with Gasteiger partial charge >= 0.3 is 5.97 Å². The first-order chi connectivity index (χ1) is 6.87. The third kappa shape index (κ3) is 1.51. The van der Waals surface area contributed by atoms with Crippen LogP contribution in [0.1, 0.15) is 5.56 Å². The van der Waals surface area contributed by atoms with E-state index in [1.165, 1.54) is 0 Å². The normalized spacial score (nSPS) is 18.2. The Morgan fingerprint density at radius 1 is 1.36 bits per heavy atom. The molecule has 72 valence electrons. The van der Waals surface area contributed by atoms with Crippen molar-refractivity contribution in [3.8, 4) is 12.3 Å². The van der Waals surface area contributed by atoms with Crippen LogP contribution in [0.25, 0.3) is 0 Å². The zero-order chi connectivity index (χ0) is 9.86. The number of hydrogen-bond donors (Lipinski definition) is 0. The van der Waals surface area contributed by atoms with Gasteiger partial charge in [0, 0.05) is 5.56 Å². The van der Waals surface area contributed by atoms with Gasteiger partial charge < -0.3 is 4.74 Å². The van der Waals surface area contributed by atoms with E-state index < -0.39 is 5.97 Å². The minimum atomic E-state index is -1.08. The Morgan fingerprint density at radius 3 is 2.57 bits per heavy atom. The van der Waals surface area contributed by atoms with Gasteiger partial charge in [-0.3, -0.25) is 9.47 Å². The van der Waals surface area contributed by atoms with Crippen LogP contribution in [0.4, 0.5) is 0 Å². The van der Waals surface area contributed by atoms with Crippen LogP contribution in [0.3, 0.4) is 0 Å². The van der Waals surface area contributed by atoms with Crippen LogP contribution in [0.15, 0.2) is 30.3 Å². The summed E-state index contributed by atoms with van der Waals surface area (Å²) in [5.41, 5.74) is 0.821. The van der Waals surface area contributed by atoms with E-state index in [2.05, 4.69) is 5.92 Å². The van der Waals surface area contributed by atoms with Crippen LogP contribution in [-0.4, -0.2) is 13.4 Å². The summed E-state index contributed by atoms with van der Waals surface area (Å²) in [6.45, 7) is 0.397. The van der Waals surface area contributed by atoms with Crippen LogP contribution in [0.5, 0.6) is 0 Å². The Bertz CT molecular complexity index is 335. The Balaban J connectivity index is 2.17. The highest BCUT2D eigenvalue weighted by Crippen LogP contribution is 2.35. The van der Waals surface area contributed by atoms with Crippen LogP contribution in [-0.2, 0) is 20.2 Å². The zero-order valence-corrected chi connectivity index (χ0v) is 7.60. The minimum Gasteiger partial charge on any atom is -0.310 e. The summed E-state index contributed by atoms with van der Waals surface area (Å²) >= 11 is 0. The number of benzene rings is 1. The molecule has 0 radical (unpaired) electrons. The third-order valence-electron chi connectivity index (χ3n) is 1.97. The van der Waals surface area contributed by atoms with E-state index in [4.69, 9.17) is 20.6 Å². The second-order valence-corrected chi connectivity index (χ2v) is 2.82. The first kappa shape index (κ1) is 9.22. The molecule has 1 aromatic rings. The molecule has 0 N–H and O–H groups in total. The Kier molecular flexibility index (Phi) is 2.51. The van der Waals surface area contributed by atoms with Crippen molar-refractivity contribution in [1.82, 2.24) is 0 Å². The fourth-order valence-corrected chi connectivity index (χ4v) is 1.28. The third-order valence-corrected chi connectivity index (χ3v) is 1.97. The molecular weight excluding hydrogens is 180 g/mol. The lowest BCUT2D eigenvalue weighted by atomic mass is 10.2. The molecule has 3 heteroatoms. The molecule has 0 unspecified atom stereocenters. The molecule has 0 saturated carbocycles. The topological polar surface area (TPSA) is 27.7 Å². The van der Waals surface area contributed by atoms with Crippen molar-refractivity contribution in [2.45, 2.75) is 5.97 Å². The fraction of sp³-hybridized carbons (Fsp3) is 0.273. The molecule has 1 aliphatic heterocycles.